The van der Waals surface area contributed by atoms with E-state index in [1.54, 1.807) is 0 Å². The number of nitrogens with one attached hydrogen (secondary N) is 2. The molecule has 0 aromatic heterocycles. The molecule has 1 aliphatic carbocycles. The van der Waals surface area contributed by atoms with Crippen LogP contribution in [-0.2, 0) is 25.6 Å². The monoisotopic (exact) mass is 442 g/mol. The van der Waals surface area contributed by atoms with Gasteiger partial charge < -0.3 is 10.1 Å². The molecule has 1 saturated carbocycles. The van der Waals surface area contributed by atoms with E-state index in [0.717, 1.165) is 38.7 Å². The number of hydrogen-bond acceptors (Lipinski definition) is 5. The van der Waals surface area contributed by atoms with Crippen LogP contribution in [0.3, 0.4) is 0 Å². The Bertz CT molecular complexity index is 729. The molecule has 0 spiro atoms. The number of carbonyl (C=O) groups is 2. The van der Waals surface area contributed by atoms with Crippen LogP contribution in [0.2, 0.25) is 0 Å². The molecular weight excluding hydrogens is 404 g/mol. The van der Waals surface area contributed by atoms with Crippen LogP contribution in [0, 0.1) is 23.7 Å². The number of hydroxylamine groups is 1. The fraction of sp³-hybridized carbons (Fsp3) is 0.692. The van der Waals surface area contributed by atoms with Gasteiger partial charge in [0.05, 0.1) is 0 Å². The SMILES string of the molecule is O=C1NCC(Cc2ccccc2)C1C(=O)C(CNOC1CCCCO1)CC1CCCCC1. The van der Waals surface area contributed by atoms with Crippen molar-refractivity contribution in [2.75, 3.05) is 19.7 Å². The quantitative estimate of drug-likeness (QED) is 0.426. The van der Waals surface area contributed by atoms with Gasteiger partial charge in [0, 0.05) is 32.0 Å². The molecule has 32 heavy (non-hydrogen) atoms. The van der Waals surface area contributed by atoms with E-state index in [9.17, 15) is 9.59 Å². The van der Waals surface area contributed by atoms with Crippen molar-refractivity contribution in [3.8, 4) is 0 Å². The predicted octanol–water partition coefficient (Wildman–Crippen LogP) is 3.79. The zero-order valence-corrected chi connectivity index (χ0v) is 19.1. The van der Waals surface area contributed by atoms with E-state index in [2.05, 4.69) is 22.9 Å². The van der Waals surface area contributed by atoms with Crippen molar-refractivity contribution in [2.24, 2.45) is 23.7 Å². The summed E-state index contributed by atoms with van der Waals surface area (Å²) >= 11 is 0. The molecule has 1 aromatic rings. The van der Waals surface area contributed by atoms with Gasteiger partial charge >= 0.3 is 0 Å². The molecule has 2 N–H and O–H groups in total. The van der Waals surface area contributed by atoms with Gasteiger partial charge in [0.25, 0.3) is 0 Å². The second-order valence-electron chi connectivity index (χ2n) is 9.77. The van der Waals surface area contributed by atoms with Crippen LogP contribution < -0.4 is 10.8 Å². The highest BCUT2D eigenvalue weighted by atomic mass is 16.8. The summed E-state index contributed by atoms with van der Waals surface area (Å²) in [4.78, 5) is 32.2. The van der Waals surface area contributed by atoms with Gasteiger partial charge in [-0.05, 0) is 43.1 Å². The number of hydrogen-bond donors (Lipinski definition) is 2. The summed E-state index contributed by atoms with van der Waals surface area (Å²) < 4.78 is 5.64. The first-order valence-electron chi connectivity index (χ1n) is 12.6. The number of benzene rings is 1. The summed E-state index contributed by atoms with van der Waals surface area (Å²) in [6, 6.07) is 10.2. The molecule has 1 aromatic carbocycles. The Kier molecular flexibility index (Phi) is 8.71. The number of rotatable bonds is 10. The van der Waals surface area contributed by atoms with Crippen LogP contribution in [0.1, 0.15) is 63.4 Å². The van der Waals surface area contributed by atoms with Crippen LogP contribution >= 0.6 is 0 Å². The maximum Gasteiger partial charge on any atom is 0.230 e. The molecule has 4 rings (SSSR count). The smallest absolute Gasteiger partial charge is 0.230 e. The van der Waals surface area contributed by atoms with Crippen LogP contribution in [0.5, 0.6) is 0 Å². The second kappa shape index (κ2) is 11.9. The van der Waals surface area contributed by atoms with Crippen LogP contribution in [0.25, 0.3) is 0 Å². The molecule has 0 radical (unpaired) electrons. The summed E-state index contributed by atoms with van der Waals surface area (Å²) in [7, 11) is 0. The molecule has 6 nitrogen and oxygen atoms in total. The van der Waals surface area contributed by atoms with Crippen molar-refractivity contribution >= 4 is 11.7 Å². The number of Topliss-reactive ketones (excluding diaryl/α,β-unsaturated/α-hetero) is 1. The third kappa shape index (κ3) is 6.40. The Labute approximate surface area is 191 Å². The van der Waals surface area contributed by atoms with Crippen LogP contribution in [0.15, 0.2) is 30.3 Å². The average molecular weight is 443 g/mol. The number of amides is 1. The van der Waals surface area contributed by atoms with Crippen LogP contribution in [0.4, 0.5) is 0 Å². The molecule has 0 bridgehead atoms. The van der Waals surface area contributed by atoms with Gasteiger partial charge in [0.1, 0.15) is 11.7 Å². The first kappa shape index (κ1) is 23.4. The van der Waals surface area contributed by atoms with Gasteiger partial charge in [-0.3, -0.25) is 14.4 Å². The van der Waals surface area contributed by atoms with Gasteiger partial charge in [0.2, 0.25) is 5.91 Å². The summed E-state index contributed by atoms with van der Waals surface area (Å²) in [6.07, 6.45) is 10.5. The third-order valence-electron chi connectivity index (χ3n) is 7.37. The first-order valence-corrected chi connectivity index (χ1v) is 12.6. The maximum absolute atomic E-state index is 13.7. The Morgan fingerprint density at radius 3 is 2.62 bits per heavy atom. The van der Waals surface area contributed by atoms with E-state index in [1.165, 1.54) is 37.7 Å². The van der Waals surface area contributed by atoms with E-state index in [-0.39, 0.29) is 29.8 Å². The van der Waals surface area contributed by atoms with Gasteiger partial charge in [0.15, 0.2) is 6.29 Å². The van der Waals surface area contributed by atoms with E-state index in [1.807, 2.05) is 18.2 Å². The summed E-state index contributed by atoms with van der Waals surface area (Å²) in [5.41, 5.74) is 4.22. The molecule has 176 valence electrons. The van der Waals surface area contributed by atoms with Crippen molar-refractivity contribution in [2.45, 2.75) is 70.5 Å². The molecule has 2 heterocycles. The zero-order valence-electron chi connectivity index (χ0n) is 19.1. The molecular formula is C26H38N2O4. The molecule has 4 atom stereocenters. The normalized spacial score (nSPS) is 27.8. The van der Waals surface area contributed by atoms with E-state index in [4.69, 9.17) is 9.57 Å². The standard InChI is InChI=1S/C26H38N2O4/c29-25(24-21(17-27-26(24)30)15-19-9-3-1-4-10-19)22(16-20-11-5-2-6-12-20)18-28-32-23-13-7-8-14-31-23/h1,3-4,9-10,20-24,28H,2,5-8,11-18H2,(H,27,30). The Morgan fingerprint density at radius 2 is 1.88 bits per heavy atom. The van der Waals surface area contributed by atoms with Crippen molar-refractivity contribution in [1.82, 2.24) is 10.8 Å². The second-order valence-corrected chi connectivity index (χ2v) is 9.77. The minimum Gasteiger partial charge on any atom is -0.355 e. The highest BCUT2D eigenvalue weighted by Gasteiger charge is 2.43. The largest absolute Gasteiger partial charge is 0.355 e. The van der Waals surface area contributed by atoms with Gasteiger partial charge in [-0.2, -0.15) is 5.48 Å². The zero-order chi connectivity index (χ0) is 22.2. The lowest BCUT2D eigenvalue weighted by molar-refractivity contribution is -0.198. The lowest BCUT2D eigenvalue weighted by Gasteiger charge is -2.29. The fourth-order valence-corrected chi connectivity index (χ4v) is 5.57. The van der Waals surface area contributed by atoms with Crippen LogP contribution in [-0.4, -0.2) is 37.7 Å². The average Bonchev–Trinajstić information content (AvgIpc) is 3.19. The van der Waals surface area contributed by atoms with Crippen molar-refractivity contribution in [3.63, 3.8) is 0 Å². The molecule has 3 aliphatic rings. The van der Waals surface area contributed by atoms with Crippen molar-refractivity contribution in [3.05, 3.63) is 35.9 Å². The Hall–Kier alpha value is -1.76. The molecule has 2 aliphatic heterocycles. The number of ether oxygens (including phenoxy) is 1. The minimum absolute atomic E-state index is 0.00820. The van der Waals surface area contributed by atoms with Gasteiger partial charge in [-0.15, -0.1) is 0 Å². The van der Waals surface area contributed by atoms with Gasteiger partial charge in [-0.25, -0.2) is 0 Å². The van der Waals surface area contributed by atoms with Gasteiger partial charge in [-0.1, -0.05) is 62.4 Å². The van der Waals surface area contributed by atoms with E-state index in [0.29, 0.717) is 19.0 Å². The third-order valence-corrected chi connectivity index (χ3v) is 7.37. The number of carbonyl (C=O) groups excluding carboxylic acids is 2. The Morgan fingerprint density at radius 1 is 1.09 bits per heavy atom. The highest BCUT2D eigenvalue weighted by molar-refractivity contribution is 6.04. The molecule has 6 heteroatoms. The molecule has 2 saturated heterocycles. The topological polar surface area (TPSA) is 76.7 Å². The minimum atomic E-state index is -0.573. The number of ketones is 1. The van der Waals surface area contributed by atoms with Crippen molar-refractivity contribution in [1.29, 1.82) is 0 Å². The molecule has 3 fully saturated rings. The lowest BCUT2D eigenvalue weighted by atomic mass is 9.76. The molecule has 4 unspecified atom stereocenters. The van der Waals surface area contributed by atoms with Crippen molar-refractivity contribution < 1.29 is 19.2 Å². The summed E-state index contributed by atoms with van der Waals surface area (Å²) in [6.45, 7) is 1.73. The summed E-state index contributed by atoms with van der Waals surface area (Å²) in [5, 5.41) is 2.96. The molecule has 1 amide bonds. The predicted molar refractivity (Wildman–Crippen MR) is 123 cm³/mol. The first-order chi connectivity index (χ1) is 15.7. The fourth-order valence-electron chi connectivity index (χ4n) is 5.57. The van der Waals surface area contributed by atoms with E-state index < -0.39 is 5.92 Å². The summed E-state index contributed by atoms with van der Waals surface area (Å²) in [5.74, 6) is -0.255. The highest BCUT2D eigenvalue weighted by Crippen LogP contribution is 2.33. The maximum atomic E-state index is 13.7. The lowest BCUT2D eigenvalue weighted by Crippen LogP contribution is -2.40. The Balaban J connectivity index is 1.41. The van der Waals surface area contributed by atoms with E-state index >= 15 is 0 Å².